The maximum Gasteiger partial charge on any atom is 0.415 e. The molecule has 136 valence electrons. The number of hydrogen-bond acceptors (Lipinski definition) is 6. The van der Waals surface area contributed by atoms with Gasteiger partial charge in [-0.25, -0.2) is 14.6 Å². The third-order valence-electron chi connectivity index (χ3n) is 4.08. The van der Waals surface area contributed by atoms with Gasteiger partial charge in [-0.3, -0.25) is 0 Å². The Balaban J connectivity index is 1.64. The van der Waals surface area contributed by atoms with Gasteiger partial charge in [0.1, 0.15) is 6.61 Å². The van der Waals surface area contributed by atoms with Gasteiger partial charge in [0.15, 0.2) is 17.2 Å². The number of carbonyl (C=O) groups is 2. The van der Waals surface area contributed by atoms with Crippen LogP contribution >= 0.6 is 0 Å². The van der Waals surface area contributed by atoms with Crippen LogP contribution in [0.5, 0.6) is 11.5 Å². The fraction of sp³-hybridized carbons (Fsp3) is 0.316. The molecule has 0 saturated carbocycles. The van der Waals surface area contributed by atoms with Crippen molar-refractivity contribution in [2.75, 3.05) is 13.1 Å². The molecule has 2 aromatic rings. The van der Waals surface area contributed by atoms with Crippen LogP contribution in [0.25, 0.3) is 0 Å². The van der Waals surface area contributed by atoms with E-state index in [-0.39, 0.29) is 23.8 Å². The van der Waals surface area contributed by atoms with Crippen LogP contribution in [0.4, 0.5) is 4.79 Å². The number of hydrogen-bond donors (Lipinski definition) is 1. The second-order valence-corrected chi connectivity index (χ2v) is 6.01. The van der Waals surface area contributed by atoms with E-state index < -0.39 is 12.1 Å². The molecule has 0 spiro atoms. The van der Waals surface area contributed by atoms with Crippen LogP contribution in [-0.2, 0) is 11.3 Å². The Morgan fingerprint density at radius 1 is 1.12 bits per heavy atom. The minimum Gasteiger partial charge on any atom is -0.503 e. The summed E-state index contributed by atoms with van der Waals surface area (Å²) in [5, 5.41) is 9.86. The minimum atomic E-state index is -0.663. The average Bonchev–Trinajstić information content (AvgIpc) is 2.69. The number of aromatic hydroxyl groups is 1. The second kappa shape index (κ2) is 8.33. The predicted molar refractivity (Wildman–Crippen MR) is 92.9 cm³/mol. The third kappa shape index (κ3) is 4.50. The first kappa shape index (κ1) is 17.7. The Morgan fingerprint density at radius 3 is 2.58 bits per heavy atom. The normalized spacial score (nSPS) is 13.9. The van der Waals surface area contributed by atoms with E-state index in [0.29, 0.717) is 13.1 Å². The van der Waals surface area contributed by atoms with E-state index in [0.717, 1.165) is 31.0 Å². The maximum absolute atomic E-state index is 12.2. The SMILES string of the molecule is O=C(OCc1ccccc1)c1cc(OC(=O)N2CCCCC2)c(O)cn1. The molecule has 1 N–H and O–H groups in total. The Labute approximate surface area is 151 Å². The third-order valence-corrected chi connectivity index (χ3v) is 4.08. The largest absolute Gasteiger partial charge is 0.503 e. The topological polar surface area (TPSA) is 89.0 Å². The number of likely N-dealkylation sites (tertiary alicyclic amines) is 1. The average molecular weight is 356 g/mol. The predicted octanol–water partition coefficient (Wildman–Crippen LogP) is 3.13. The lowest BCUT2D eigenvalue weighted by Gasteiger charge is -2.25. The number of carbonyl (C=O) groups excluding carboxylic acids is 2. The number of benzene rings is 1. The van der Waals surface area contributed by atoms with Gasteiger partial charge in [-0.05, 0) is 24.8 Å². The van der Waals surface area contributed by atoms with Crippen molar-refractivity contribution >= 4 is 12.1 Å². The molecule has 2 heterocycles. The molecule has 0 bridgehead atoms. The molecule has 1 aliphatic rings. The Bertz CT molecular complexity index is 773. The van der Waals surface area contributed by atoms with E-state index >= 15 is 0 Å². The van der Waals surface area contributed by atoms with Gasteiger partial charge < -0.3 is 19.5 Å². The van der Waals surface area contributed by atoms with Crippen LogP contribution in [0.1, 0.15) is 35.3 Å². The molecule has 7 heteroatoms. The first-order chi connectivity index (χ1) is 12.6. The number of pyridine rings is 1. The van der Waals surface area contributed by atoms with Gasteiger partial charge in [-0.2, -0.15) is 0 Å². The molecule has 1 fully saturated rings. The van der Waals surface area contributed by atoms with Crippen LogP contribution in [0.2, 0.25) is 0 Å². The van der Waals surface area contributed by atoms with Crippen molar-refractivity contribution in [2.24, 2.45) is 0 Å². The summed E-state index contributed by atoms with van der Waals surface area (Å²) in [6, 6.07) is 10.5. The number of aromatic nitrogens is 1. The van der Waals surface area contributed by atoms with Crippen LogP contribution < -0.4 is 4.74 Å². The Kier molecular flexibility index (Phi) is 5.68. The fourth-order valence-electron chi connectivity index (χ4n) is 2.66. The molecule has 0 aliphatic carbocycles. The molecule has 3 rings (SSSR count). The van der Waals surface area contributed by atoms with Gasteiger partial charge in [-0.15, -0.1) is 0 Å². The molecule has 1 aromatic heterocycles. The Morgan fingerprint density at radius 2 is 1.85 bits per heavy atom. The number of esters is 1. The zero-order chi connectivity index (χ0) is 18.4. The standard InChI is InChI=1S/C19H20N2O5/c22-16-12-20-15(18(23)25-13-14-7-3-1-4-8-14)11-17(16)26-19(24)21-9-5-2-6-10-21/h1,3-4,7-8,11-12,22H,2,5-6,9-10,13H2. The van der Waals surface area contributed by atoms with Crippen LogP contribution in [0, 0.1) is 0 Å². The number of ether oxygens (including phenoxy) is 2. The summed E-state index contributed by atoms with van der Waals surface area (Å²) in [4.78, 5) is 29.7. The molecule has 1 aromatic carbocycles. The summed E-state index contributed by atoms with van der Waals surface area (Å²) in [6.07, 6.45) is 3.46. The second-order valence-electron chi connectivity index (χ2n) is 6.01. The highest BCUT2D eigenvalue weighted by molar-refractivity contribution is 5.88. The number of piperidine rings is 1. The number of nitrogens with zero attached hydrogens (tertiary/aromatic N) is 2. The molecule has 1 saturated heterocycles. The number of amides is 1. The first-order valence-electron chi connectivity index (χ1n) is 8.50. The molecular formula is C19H20N2O5. The van der Waals surface area contributed by atoms with Crippen molar-refractivity contribution in [3.8, 4) is 11.5 Å². The van der Waals surface area contributed by atoms with Crippen molar-refractivity contribution in [1.82, 2.24) is 9.88 Å². The lowest BCUT2D eigenvalue weighted by Crippen LogP contribution is -2.37. The van der Waals surface area contributed by atoms with Crippen molar-refractivity contribution in [3.63, 3.8) is 0 Å². The lowest BCUT2D eigenvalue weighted by molar-refractivity contribution is 0.0465. The highest BCUT2D eigenvalue weighted by Gasteiger charge is 2.21. The van der Waals surface area contributed by atoms with Gasteiger partial charge >= 0.3 is 12.1 Å². The van der Waals surface area contributed by atoms with E-state index in [9.17, 15) is 14.7 Å². The first-order valence-corrected chi connectivity index (χ1v) is 8.50. The molecule has 1 aliphatic heterocycles. The summed E-state index contributed by atoms with van der Waals surface area (Å²) in [5.74, 6) is -1.08. The summed E-state index contributed by atoms with van der Waals surface area (Å²) in [7, 11) is 0. The van der Waals surface area contributed by atoms with E-state index in [1.54, 1.807) is 4.90 Å². The van der Waals surface area contributed by atoms with Crippen LogP contribution in [0.15, 0.2) is 42.6 Å². The van der Waals surface area contributed by atoms with Crippen molar-refractivity contribution in [3.05, 3.63) is 53.9 Å². The lowest BCUT2D eigenvalue weighted by atomic mass is 10.1. The van der Waals surface area contributed by atoms with Gasteiger partial charge in [0, 0.05) is 19.2 Å². The maximum atomic E-state index is 12.2. The van der Waals surface area contributed by atoms with Gasteiger partial charge in [0.2, 0.25) is 0 Å². The summed E-state index contributed by atoms with van der Waals surface area (Å²) in [5.41, 5.74) is 0.802. The molecule has 0 radical (unpaired) electrons. The van der Waals surface area contributed by atoms with E-state index in [4.69, 9.17) is 9.47 Å². The summed E-state index contributed by atoms with van der Waals surface area (Å²) < 4.78 is 10.4. The van der Waals surface area contributed by atoms with Gasteiger partial charge in [-0.1, -0.05) is 30.3 Å². The molecular weight excluding hydrogens is 336 g/mol. The fourth-order valence-corrected chi connectivity index (χ4v) is 2.66. The highest BCUT2D eigenvalue weighted by Crippen LogP contribution is 2.26. The van der Waals surface area contributed by atoms with Gasteiger partial charge in [0.25, 0.3) is 0 Å². The molecule has 0 unspecified atom stereocenters. The van der Waals surface area contributed by atoms with Crippen LogP contribution in [-0.4, -0.2) is 40.1 Å². The van der Waals surface area contributed by atoms with Crippen LogP contribution in [0.3, 0.4) is 0 Å². The zero-order valence-electron chi connectivity index (χ0n) is 14.3. The smallest absolute Gasteiger partial charge is 0.415 e. The minimum absolute atomic E-state index is 0.0415. The summed E-state index contributed by atoms with van der Waals surface area (Å²) in [6.45, 7) is 1.35. The quantitative estimate of drug-likeness (QED) is 0.847. The van der Waals surface area contributed by atoms with E-state index in [1.165, 1.54) is 6.07 Å². The summed E-state index contributed by atoms with van der Waals surface area (Å²) >= 11 is 0. The van der Waals surface area contributed by atoms with Gasteiger partial charge in [0.05, 0.1) is 6.20 Å². The van der Waals surface area contributed by atoms with Crippen molar-refractivity contribution in [2.45, 2.75) is 25.9 Å². The van der Waals surface area contributed by atoms with Crippen molar-refractivity contribution < 1.29 is 24.2 Å². The van der Waals surface area contributed by atoms with E-state index in [2.05, 4.69) is 4.98 Å². The number of rotatable bonds is 4. The molecule has 0 atom stereocenters. The van der Waals surface area contributed by atoms with Crippen molar-refractivity contribution in [1.29, 1.82) is 0 Å². The zero-order valence-corrected chi connectivity index (χ0v) is 14.3. The Hall–Kier alpha value is -3.09. The monoisotopic (exact) mass is 356 g/mol. The highest BCUT2D eigenvalue weighted by atomic mass is 16.6. The molecule has 7 nitrogen and oxygen atoms in total. The molecule has 26 heavy (non-hydrogen) atoms. The molecule has 1 amide bonds. The van der Waals surface area contributed by atoms with E-state index in [1.807, 2.05) is 30.3 Å².